The van der Waals surface area contributed by atoms with Crippen molar-refractivity contribution in [2.24, 2.45) is 0 Å². The molecule has 0 aliphatic heterocycles. The van der Waals surface area contributed by atoms with Gasteiger partial charge in [0, 0.05) is 5.56 Å². The van der Waals surface area contributed by atoms with Gasteiger partial charge in [-0.05, 0) is 38.1 Å². The molecule has 0 bridgehead atoms. The van der Waals surface area contributed by atoms with E-state index in [4.69, 9.17) is 4.74 Å². The van der Waals surface area contributed by atoms with Crippen molar-refractivity contribution >= 4 is 11.9 Å². The van der Waals surface area contributed by atoms with E-state index in [0.717, 1.165) is 5.69 Å². The summed E-state index contributed by atoms with van der Waals surface area (Å²) in [5.74, 6) is -0.735. The molecular formula is C15H17N3O4. The zero-order valence-electron chi connectivity index (χ0n) is 12.6. The quantitative estimate of drug-likeness (QED) is 0.671. The molecule has 0 spiro atoms. The number of amides is 1. The molecule has 1 N–H and O–H groups in total. The SMILES string of the molecule is CCOC(=O)c1cnn(-c2ccc(C(=O)NOC)cc2)c1C. The second-order valence-corrected chi connectivity index (χ2v) is 4.46. The monoisotopic (exact) mass is 303 g/mol. The summed E-state index contributed by atoms with van der Waals surface area (Å²) in [6, 6.07) is 6.77. The van der Waals surface area contributed by atoms with Gasteiger partial charge in [0.05, 0.1) is 31.3 Å². The van der Waals surface area contributed by atoms with Crippen LogP contribution in [0.2, 0.25) is 0 Å². The Morgan fingerprint density at radius 1 is 1.27 bits per heavy atom. The molecule has 0 unspecified atom stereocenters. The lowest BCUT2D eigenvalue weighted by atomic mass is 10.2. The van der Waals surface area contributed by atoms with Crippen LogP contribution < -0.4 is 5.48 Å². The van der Waals surface area contributed by atoms with Gasteiger partial charge in [-0.1, -0.05) is 0 Å². The number of nitrogens with one attached hydrogen (secondary N) is 1. The van der Waals surface area contributed by atoms with Gasteiger partial charge in [0.1, 0.15) is 5.56 Å². The van der Waals surface area contributed by atoms with Crippen LogP contribution in [0.4, 0.5) is 0 Å². The van der Waals surface area contributed by atoms with E-state index in [-0.39, 0.29) is 5.91 Å². The van der Waals surface area contributed by atoms with Crippen LogP contribution in [0, 0.1) is 6.92 Å². The van der Waals surface area contributed by atoms with Crippen molar-refractivity contribution in [3.8, 4) is 5.69 Å². The first-order valence-corrected chi connectivity index (χ1v) is 6.74. The zero-order valence-corrected chi connectivity index (χ0v) is 12.6. The Morgan fingerprint density at radius 3 is 2.55 bits per heavy atom. The van der Waals surface area contributed by atoms with E-state index < -0.39 is 5.97 Å². The summed E-state index contributed by atoms with van der Waals surface area (Å²) in [5.41, 5.74) is 4.53. The van der Waals surface area contributed by atoms with Gasteiger partial charge < -0.3 is 4.74 Å². The van der Waals surface area contributed by atoms with Gasteiger partial charge in [0.15, 0.2) is 0 Å². The summed E-state index contributed by atoms with van der Waals surface area (Å²) in [5, 5.41) is 4.19. The van der Waals surface area contributed by atoms with Crippen molar-refractivity contribution in [1.29, 1.82) is 0 Å². The lowest BCUT2D eigenvalue weighted by Crippen LogP contribution is -2.21. The summed E-state index contributed by atoms with van der Waals surface area (Å²) in [6.45, 7) is 3.85. The number of carbonyl (C=O) groups excluding carboxylic acids is 2. The highest BCUT2D eigenvalue weighted by molar-refractivity contribution is 5.93. The molecular weight excluding hydrogens is 286 g/mol. The largest absolute Gasteiger partial charge is 0.462 e. The van der Waals surface area contributed by atoms with Crippen LogP contribution in [0.15, 0.2) is 30.5 Å². The fourth-order valence-electron chi connectivity index (χ4n) is 1.98. The number of hydroxylamine groups is 1. The molecule has 7 nitrogen and oxygen atoms in total. The molecule has 116 valence electrons. The normalized spacial score (nSPS) is 10.3. The molecule has 2 aromatic rings. The van der Waals surface area contributed by atoms with Crippen molar-refractivity contribution < 1.29 is 19.2 Å². The van der Waals surface area contributed by atoms with Gasteiger partial charge in [-0.2, -0.15) is 5.10 Å². The first kappa shape index (κ1) is 15.7. The number of aromatic nitrogens is 2. The number of nitrogens with zero attached hydrogens (tertiary/aromatic N) is 2. The maximum atomic E-state index is 11.8. The second-order valence-electron chi connectivity index (χ2n) is 4.46. The van der Waals surface area contributed by atoms with Gasteiger partial charge >= 0.3 is 5.97 Å². The van der Waals surface area contributed by atoms with E-state index in [9.17, 15) is 9.59 Å². The molecule has 1 aromatic carbocycles. The predicted octanol–water partition coefficient (Wildman–Crippen LogP) is 1.65. The number of rotatable bonds is 5. The lowest BCUT2D eigenvalue weighted by molar-refractivity contribution is 0.0523. The van der Waals surface area contributed by atoms with Crippen molar-refractivity contribution in [1.82, 2.24) is 15.3 Å². The minimum atomic E-state index is -0.401. The number of carbonyl (C=O) groups is 2. The van der Waals surface area contributed by atoms with Gasteiger partial charge in [-0.3, -0.25) is 9.63 Å². The van der Waals surface area contributed by atoms with Crippen LogP contribution >= 0.6 is 0 Å². The van der Waals surface area contributed by atoms with Gasteiger partial charge in [-0.15, -0.1) is 0 Å². The Morgan fingerprint density at radius 2 is 1.95 bits per heavy atom. The Hall–Kier alpha value is -2.67. The van der Waals surface area contributed by atoms with E-state index in [0.29, 0.717) is 23.4 Å². The van der Waals surface area contributed by atoms with Crippen LogP contribution in [0.5, 0.6) is 0 Å². The average molecular weight is 303 g/mol. The standard InChI is InChI=1S/C15H17N3O4/c1-4-22-15(20)13-9-16-18(10(13)2)12-7-5-11(6-8-12)14(19)17-21-3/h5-9H,4H2,1-3H3,(H,17,19). The molecule has 0 saturated heterocycles. The van der Waals surface area contributed by atoms with Crippen LogP contribution in [0.1, 0.15) is 33.3 Å². The van der Waals surface area contributed by atoms with Crippen LogP contribution in [-0.4, -0.2) is 35.4 Å². The first-order valence-electron chi connectivity index (χ1n) is 6.74. The highest BCUT2D eigenvalue weighted by Crippen LogP contribution is 2.16. The highest BCUT2D eigenvalue weighted by Gasteiger charge is 2.16. The molecule has 0 aliphatic carbocycles. The van der Waals surface area contributed by atoms with E-state index in [1.807, 2.05) is 0 Å². The molecule has 0 radical (unpaired) electrons. The molecule has 7 heteroatoms. The molecule has 0 fully saturated rings. The maximum Gasteiger partial charge on any atom is 0.341 e. The summed E-state index contributed by atoms with van der Waals surface area (Å²) >= 11 is 0. The van der Waals surface area contributed by atoms with Crippen LogP contribution in [0.25, 0.3) is 5.69 Å². The number of esters is 1. The number of benzene rings is 1. The third-order valence-corrected chi connectivity index (χ3v) is 3.07. The molecule has 1 aromatic heterocycles. The Kier molecular flexibility index (Phi) is 4.90. The fourth-order valence-corrected chi connectivity index (χ4v) is 1.98. The van der Waals surface area contributed by atoms with Crippen LogP contribution in [0.3, 0.4) is 0 Å². The number of hydrogen-bond donors (Lipinski definition) is 1. The smallest absolute Gasteiger partial charge is 0.341 e. The Balaban J connectivity index is 2.26. The third kappa shape index (κ3) is 3.15. The minimum Gasteiger partial charge on any atom is -0.462 e. The molecule has 1 amide bonds. The topological polar surface area (TPSA) is 82.5 Å². The van der Waals surface area contributed by atoms with Crippen molar-refractivity contribution in [2.45, 2.75) is 13.8 Å². The van der Waals surface area contributed by atoms with Gasteiger partial charge in [-0.25, -0.2) is 15.0 Å². The van der Waals surface area contributed by atoms with Gasteiger partial charge in [0.25, 0.3) is 5.91 Å². The molecule has 1 heterocycles. The van der Waals surface area contributed by atoms with Crippen molar-refractivity contribution in [3.63, 3.8) is 0 Å². The second kappa shape index (κ2) is 6.86. The first-order chi connectivity index (χ1) is 10.6. The van der Waals surface area contributed by atoms with E-state index in [2.05, 4.69) is 15.4 Å². The molecule has 2 rings (SSSR count). The molecule has 0 aliphatic rings. The summed E-state index contributed by atoms with van der Waals surface area (Å²) in [7, 11) is 1.37. The summed E-state index contributed by atoms with van der Waals surface area (Å²) in [6.07, 6.45) is 1.47. The van der Waals surface area contributed by atoms with Crippen LogP contribution in [-0.2, 0) is 9.57 Å². The summed E-state index contributed by atoms with van der Waals surface area (Å²) in [4.78, 5) is 28.0. The number of ether oxygens (including phenoxy) is 1. The number of hydrogen-bond acceptors (Lipinski definition) is 5. The fraction of sp³-hybridized carbons (Fsp3) is 0.267. The highest BCUT2D eigenvalue weighted by atomic mass is 16.6. The predicted molar refractivity (Wildman–Crippen MR) is 78.7 cm³/mol. The average Bonchev–Trinajstić information content (AvgIpc) is 2.89. The lowest BCUT2D eigenvalue weighted by Gasteiger charge is -2.07. The maximum absolute atomic E-state index is 11.8. The summed E-state index contributed by atoms with van der Waals surface area (Å²) < 4.78 is 6.59. The van der Waals surface area contributed by atoms with Crippen molar-refractivity contribution in [2.75, 3.05) is 13.7 Å². The minimum absolute atomic E-state index is 0.312. The molecule has 22 heavy (non-hydrogen) atoms. The van der Waals surface area contributed by atoms with E-state index in [1.165, 1.54) is 13.3 Å². The molecule has 0 atom stereocenters. The van der Waals surface area contributed by atoms with Crippen molar-refractivity contribution in [3.05, 3.63) is 47.3 Å². The Labute approximate surface area is 127 Å². The molecule has 0 saturated carbocycles. The Bertz CT molecular complexity index is 677. The van der Waals surface area contributed by atoms with E-state index in [1.54, 1.807) is 42.8 Å². The zero-order chi connectivity index (χ0) is 16.1. The van der Waals surface area contributed by atoms with E-state index >= 15 is 0 Å². The third-order valence-electron chi connectivity index (χ3n) is 3.07. The van der Waals surface area contributed by atoms with Gasteiger partial charge in [0.2, 0.25) is 0 Å².